The Morgan fingerprint density at radius 1 is 1.04 bits per heavy atom. The fourth-order valence-corrected chi connectivity index (χ4v) is 2.72. The van der Waals surface area contributed by atoms with Crippen LogP contribution in [0, 0.1) is 11.3 Å². The molecule has 3 rings (SSSR count). The molecule has 112 valence electrons. The van der Waals surface area contributed by atoms with Crippen molar-refractivity contribution in [1.82, 2.24) is 4.98 Å². The van der Waals surface area contributed by atoms with Crippen molar-refractivity contribution in [1.29, 1.82) is 5.26 Å². The van der Waals surface area contributed by atoms with E-state index in [-0.39, 0.29) is 10.8 Å². The summed E-state index contributed by atoms with van der Waals surface area (Å²) >= 11 is 12.0. The first-order valence-electron chi connectivity index (χ1n) is 6.74. The van der Waals surface area contributed by atoms with Gasteiger partial charge in [-0.05, 0) is 42.0 Å². The normalized spacial score (nSPS) is 11.0. The number of aromatic nitrogens is 1. The van der Waals surface area contributed by atoms with Crippen LogP contribution in [-0.2, 0) is 0 Å². The minimum atomic E-state index is -0.0900. The van der Waals surface area contributed by atoms with Crippen LogP contribution in [0.1, 0.15) is 16.8 Å². The highest BCUT2D eigenvalue weighted by Crippen LogP contribution is 2.36. The minimum absolute atomic E-state index is 0.0900. The van der Waals surface area contributed by atoms with Crippen molar-refractivity contribution in [2.24, 2.45) is 0 Å². The van der Waals surface area contributed by atoms with Gasteiger partial charge in [-0.1, -0.05) is 41.4 Å². The van der Waals surface area contributed by atoms with Gasteiger partial charge in [0, 0.05) is 5.39 Å². The summed E-state index contributed by atoms with van der Waals surface area (Å²) in [4.78, 5) is 4.38. The number of nitriles is 1. The first-order chi connectivity index (χ1) is 11.1. The number of phenols is 1. The second kappa shape index (κ2) is 6.29. The monoisotopic (exact) mass is 340 g/mol. The highest BCUT2D eigenvalue weighted by molar-refractivity contribution is 6.39. The number of benzene rings is 2. The second-order valence-electron chi connectivity index (χ2n) is 4.89. The second-order valence-corrected chi connectivity index (χ2v) is 5.71. The fraction of sp³-hybridized carbons (Fsp3) is 0. The Morgan fingerprint density at radius 2 is 1.87 bits per heavy atom. The molecule has 0 amide bonds. The van der Waals surface area contributed by atoms with E-state index in [4.69, 9.17) is 28.5 Å². The zero-order valence-electron chi connectivity index (χ0n) is 11.8. The van der Waals surface area contributed by atoms with E-state index in [1.165, 1.54) is 6.07 Å². The van der Waals surface area contributed by atoms with E-state index < -0.39 is 0 Å². The molecule has 1 aromatic heterocycles. The molecule has 0 fully saturated rings. The number of phenolic OH excluding ortho intramolecular Hbond substituents is 1. The van der Waals surface area contributed by atoms with Gasteiger partial charge in [0.25, 0.3) is 0 Å². The summed E-state index contributed by atoms with van der Waals surface area (Å²) in [5.41, 5.74) is 2.48. The summed E-state index contributed by atoms with van der Waals surface area (Å²) in [6, 6.07) is 14.4. The van der Waals surface area contributed by atoms with Crippen LogP contribution in [0.15, 0.2) is 42.5 Å². The SMILES string of the molecule is N#Cc1cccc(/C=C/c2ccc3c(Cl)cc(Cl)c(O)c3n2)c1. The van der Waals surface area contributed by atoms with Crippen molar-refractivity contribution in [2.45, 2.75) is 0 Å². The van der Waals surface area contributed by atoms with E-state index in [1.807, 2.05) is 18.2 Å². The molecule has 0 aliphatic rings. The number of hydrogen-bond donors (Lipinski definition) is 1. The summed E-state index contributed by atoms with van der Waals surface area (Å²) in [7, 11) is 0. The van der Waals surface area contributed by atoms with Crippen molar-refractivity contribution in [3.8, 4) is 11.8 Å². The molecule has 3 aromatic rings. The van der Waals surface area contributed by atoms with Gasteiger partial charge >= 0.3 is 0 Å². The molecule has 0 bridgehead atoms. The topological polar surface area (TPSA) is 56.9 Å². The van der Waals surface area contributed by atoms with Crippen LogP contribution in [0.3, 0.4) is 0 Å². The molecular weight excluding hydrogens is 331 g/mol. The van der Waals surface area contributed by atoms with Gasteiger partial charge < -0.3 is 5.11 Å². The standard InChI is InChI=1S/C18H10Cl2N2O/c19-15-9-16(20)18(23)17-14(15)7-6-13(22-17)5-4-11-2-1-3-12(8-11)10-21/h1-9,23H/b5-4+. The van der Waals surface area contributed by atoms with E-state index in [0.29, 0.717) is 27.2 Å². The molecule has 0 atom stereocenters. The van der Waals surface area contributed by atoms with Crippen molar-refractivity contribution in [3.63, 3.8) is 0 Å². The zero-order chi connectivity index (χ0) is 16.4. The Bertz CT molecular complexity index is 975. The molecule has 0 saturated heterocycles. The van der Waals surface area contributed by atoms with Crippen LogP contribution in [0.4, 0.5) is 0 Å². The average Bonchev–Trinajstić information content (AvgIpc) is 2.58. The van der Waals surface area contributed by atoms with Crippen LogP contribution in [0.25, 0.3) is 23.1 Å². The first-order valence-corrected chi connectivity index (χ1v) is 7.50. The van der Waals surface area contributed by atoms with Crippen LogP contribution >= 0.6 is 23.2 Å². The van der Waals surface area contributed by atoms with Gasteiger partial charge in [0.15, 0.2) is 5.75 Å². The van der Waals surface area contributed by atoms with E-state index in [1.54, 1.807) is 30.3 Å². The number of nitrogens with zero attached hydrogens (tertiary/aromatic N) is 2. The number of fused-ring (bicyclic) bond motifs is 1. The summed E-state index contributed by atoms with van der Waals surface area (Å²) in [6.45, 7) is 0. The first kappa shape index (κ1) is 15.4. The van der Waals surface area contributed by atoms with E-state index in [9.17, 15) is 5.11 Å². The predicted molar refractivity (Wildman–Crippen MR) is 93.5 cm³/mol. The maximum Gasteiger partial charge on any atom is 0.160 e. The lowest BCUT2D eigenvalue weighted by atomic mass is 10.1. The Kier molecular flexibility index (Phi) is 4.20. The number of rotatable bonds is 2. The lowest BCUT2D eigenvalue weighted by Crippen LogP contribution is -1.86. The molecule has 0 aliphatic carbocycles. The van der Waals surface area contributed by atoms with Crippen molar-refractivity contribution < 1.29 is 5.11 Å². The van der Waals surface area contributed by atoms with Gasteiger partial charge in [-0.3, -0.25) is 0 Å². The van der Waals surface area contributed by atoms with E-state index in [2.05, 4.69) is 11.1 Å². The zero-order valence-corrected chi connectivity index (χ0v) is 13.3. The predicted octanol–water partition coefficient (Wildman–Crippen LogP) is 5.29. The van der Waals surface area contributed by atoms with Gasteiger partial charge in [-0.25, -0.2) is 4.98 Å². The van der Waals surface area contributed by atoms with Crippen molar-refractivity contribution >= 4 is 46.3 Å². The third-order valence-electron chi connectivity index (χ3n) is 3.34. The minimum Gasteiger partial charge on any atom is -0.504 e. The lowest BCUT2D eigenvalue weighted by molar-refractivity contribution is 0.480. The molecule has 1 N–H and O–H groups in total. The molecule has 3 nitrogen and oxygen atoms in total. The molecule has 5 heteroatoms. The Hall–Kier alpha value is -2.54. The third kappa shape index (κ3) is 3.14. The van der Waals surface area contributed by atoms with Crippen molar-refractivity contribution in [2.75, 3.05) is 0 Å². The van der Waals surface area contributed by atoms with Crippen LogP contribution in [0.5, 0.6) is 5.75 Å². The molecule has 0 spiro atoms. The summed E-state index contributed by atoms with van der Waals surface area (Å²) in [5.74, 6) is -0.0900. The van der Waals surface area contributed by atoms with Crippen LogP contribution in [-0.4, -0.2) is 10.1 Å². The largest absolute Gasteiger partial charge is 0.504 e. The summed E-state index contributed by atoms with van der Waals surface area (Å²) in [5, 5.41) is 20.2. The van der Waals surface area contributed by atoms with Crippen LogP contribution < -0.4 is 0 Å². The van der Waals surface area contributed by atoms with Gasteiger partial charge in [0.2, 0.25) is 0 Å². The molecule has 2 aromatic carbocycles. The van der Waals surface area contributed by atoms with Gasteiger partial charge in [0.05, 0.1) is 27.4 Å². The maximum absolute atomic E-state index is 10.0. The number of hydrogen-bond acceptors (Lipinski definition) is 3. The van der Waals surface area contributed by atoms with Gasteiger partial charge in [-0.15, -0.1) is 0 Å². The highest BCUT2D eigenvalue weighted by atomic mass is 35.5. The quantitative estimate of drug-likeness (QED) is 0.689. The smallest absolute Gasteiger partial charge is 0.160 e. The molecular formula is C18H10Cl2N2O. The third-order valence-corrected chi connectivity index (χ3v) is 3.94. The maximum atomic E-state index is 10.0. The van der Waals surface area contributed by atoms with Gasteiger partial charge in [0.1, 0.15) is 5.52 Å². The highest BCUT2D eigenvalue weighted by Gasteiger charge is 2.10. The van der Waals surface area contributed by atoms with Crippen molar-refractivity contribution in [3.05, 3.63) is 69.3 Å². The molecule has 0 aliphatic heterocycles. The average molecular weight is 341 g/mol. The molecule has 23 heavy (non-hydrogen) atoms. The van der Waals surface area contributed by atoms with E-state index >= 15 is 0 Å². The van der Waals surface area contributed by atoms with Crippen LogP contribution in [0.2, 0.25) is 10.0 Å². The Labute approximate surface area is 143 Å². The molecule has 0 unspecified atom stereocenters. The Morgan fingerprint density at radius 3 is 2.65 bits per heavy atom. The molecule has 1 heterocycles. The van der Waals surface area contributed by atoms with Gasteiger partial charge in [-0.2, -0.15) is 5.26 Å². The number of halogens is 2. The fourth-order valence-electron chi connectivity index (χ4n) is 2.20. The molecule has 0 radical (unpaired) electrons. The lowest BCUT2D eigenvalue weighted by Gasteiger charge is -2.05. The molecule has 0 saturated carbocycles. The summed E-state index contributed by atoms with van der Waals surface area (Å²) in [6.07, 6.45) is 3.64. The Balaban J connectivity index is 2.02. The van der Waals surface area contributed by atoms with E-state index in [0.717, 1.165) is 5.56 Å². The number of pyridine rings is 1. The number of aromatic hydroxyl groups is 1. The summed E-state index contributed by atoms with van der Waals surface area (Å²) < 4.78 is 0.